The molecule has 0 spiro atoms. The van der Waals surface area contributed by atoms with Crippen molar-refractivity contribution in [3.05, 3.63) is 0 Å². The highest BCUT2D eigenvalue weighted by molar-refractivity contribution is 5.81. The van der Waals surface area contributed by atoms with Gasteiger partial charge in [-0.15, -0.1) is 0 Å². The van der Waals surface area contributed by atoms with E-state index in [4.69, 9.17) is 4.74 Å². The fourth-order valence-corrected chi connectivity index (χ4v) is 5.18. The number of ether oxygens (including phenoxy) is 1. The molecule has 0 radical (unpaired) electrons. The Hall–Kier alpha value is -1.06. The second-order valence-electron chi connectivity index (χ2n) is 10.9. The van der Waals surface area contributed by atoms with Crippen LogP contribution in [0, 0.1) is 17.8 Å². The Morgan fingerprint density at radius 3 is 1.67 bits per heavy atom. The molecule has 3 atom stereocenters. The molecule has 1 aliphatic carbocycles. The van der Waals surface area contributed by atoms with E-state index in [-0.39, 0.29) is 12.1 Å². The normalized spacial score (nSPS) is 19.5. The molecule has 0 aliphatic heterocycles. The van der Waals surface area contributed by atoms with E-state index in [1.165, 1.54) is 77.0 Å². The average molecular weight is 467 g/mol. The Morgan fingerprint density at radius 1 is 0.727 bits per heavy atom. The second-order valence-corrected chi connectivity index (χ2v) is 10.9. The van der Waals surface area contributed by atoms with Gasteiger partial charge >= 0.3 is 11.9 Å². The zero-order valence-corrected chi connectivity index (χ0v) is 22.1. The van der Waals surface area contributed by atoms with Crippen LogP contribution in [0.15, 0.2) is 0 Å². The predicted molar refractivity (Wildman–Crippen MR) is 137 cm³/mol. The minimum atomic E-state index is -0.836. The highest BCUT2D eigenvalue weighted by Gasteiger charge is 2.37. The molecule has 194 valence electrons. The maximum Gasteiger partial charge on any atom is 0.310 e. The summed E-state index contributed by atoms with van der Waals surface area (Å²) >= 11 is 0. The number of unbranched alkanes of at least 4 members (excludes halogenated alkanes) is 11. The van der Waals surface area contributed by atoms with Crippen LogP contribution in [0.3, 0.4) is 0 Å². The third-order valence-electron chi connectivity index (χ3n) is 7.36. The SMILES string of the molecule is CCCCCCCCCCCC(CCCCCCC(C)C)OC(=O)C1CCCCC1C(=O)O. The first kappa shape index (κ1) is 30.0. The van der Waals surface area contributed by atoms with Crippen molar-refractivity contribution in [2.75, 3.05) is 0 Å². The van der Waals surface area contributed by atoms with Gasteiger partial charge in [-0.3, -0.25) is 9.59 Å². The first-order valence-corrected chi connectivity index (χ1v) is 14.4. The van der Waals surface area contributed by atoms with E-state index in [0.717, 1.165) is 44.4 Å². The van der Waals surface area contributed by atoms with Crippen LogP contribution < -0.4 is 0 Å². The fraction of sp³-hybridized carbons (Fsp3) is 0.931. The Kier molecular flexibility index (Phi) is 17.5. The van der Waals surface area contributed by atoms with E-state index in [0.29, 0.717) is 12.8 Å². The van der Waals surface area contributed by atoms with E-state index in [1.807, 2.05) is 0 Å². The molecule has 1 saturated carbocycles. The zero-order chi connectivity index (χ0) is 24.3. The molecular formula is C29H54O4. The minimum absolute atomic E-state index is 0.0384. The topological polar surface area (TPSA) is 63.6 Å². The van der Waals surface area contributed by atoms with Gasteiger partial charge in [0, 0.05) is 0 Å². The van der Waals surface area contributed by atoms with Crippen LogP contribution in [0.2, 0.25) is 0 Å². The molecule has 1 rings (SSSR count). The second kappa shape index (κ2) is 19.3. The number of carbonyl (C=O) groups is 2. The van der Waals surface area contributed by atoms with Crippen molar-refractivity contribution in [2.24, 2.45) is 17.8 Å². The van der Waals surface area contributed by atoms with Crippen LogP contribution in [0.25, 0.3) is 0 Å². The van der Waals surface area contributed by atoms with Crippen molar-refractivity contribution in [1.29, 1.82) is 0 Å². The summed E-state index contributed by atoms with van der Waals surface area (Å²) in [7, 11) is 0. The summed E-state index contributed by atoms with van der Waals surface area (Å²) in [5.74, 6) is -1.33. The summed E-state index contributed by atoms with van der Waals surface area (Å²) in [4.78, 5) is 24.5. The molecule has 1 N–H and O–H groups in total. The van der Waals surface area contributed by atoms with Crippen LogP contribution in [-0.4, -0.2) is 23.1 Å². The van der Waals surface area contributed by atoms with E-state index in [2.05, 4.69) is 20.8 Å². The van der Waals surface area contributed by atoms with Gasteiger partial charge in [0.05, 0.1) is 11.8 Å². The zero-order valence-electron chi connectivity index (χ0n) is 22.1. The number of esters is 1. The number of aliphatic carboxylic acids is 1. The van der Waals surface area contributed by atoms with E-state index >= 15 is 0 Å². The first-order chi connectivity index (χ1) is 16.0. The number of carboxylic acid groups (broad SMARTS) is 1. The molecule has 0 saturated heterocycles. The van der Waals surface area contributed by atoms with Crippen molar-refractivity contribution in [3.63, 3.8) is 0 Å². The van der Waals surface area contributed by atoms with Gasteiger partial charge in [0.25, 0.3) is 0 Å². The van der Waals surface area contributed by atoms with Gasteiger partial charge in [-0.25, -0.2) is 0 Å². The highest BCUT2D eigenvalue weighted by Crippen LogP contribution is 2.32. The molecule has 0 bridgehead atoms. The number of hydrogen-bond acceptors (Lipinski definition) is 3. The molecule has 0 aromatic rings. The monoisotopic (exact) mass is 466 g/mol. The lowest BCUT2D eigenvalue weighted by molar-refractivity contribution is -0.164. The third kappa shape index (κ3) is 14.7. The van der Waals surface area contributed by atoms with Gasteiger partial charge in [-0.2, -0.15) is 0 Å². The summed E-state index contributed by atoms with van der Waals surface area (Å²) in [5.41, 5.74) is 0. The lowest BCUT2D eigenvalue weighted by atomic mass is 9.79. The van der Waals surface area contributed by atoms with Crippen LogP contribution in [-0.2, 0) is 14.3 Å². The van der Waals surface area contributed by atoms with E-state index < -0.39 is 17.8 Å². The maximum atomic E-state index is 12.9. The molecule has 1 aliphatic rings. The minimum Gasteiger partial charge on any atom is -0.481 e. The molecule has 4 heteroatoms. The Balaban J connectivity index is 2.41. The molecule has 0 aromatic heterocycles. The van der Waals surface area contributed by atoms with Gasteiger partial charge in [-0.05, 0) is 44.4 Å². The largest absolute Gasteiger partial charge is 0.481 e. The number of hydrogen-bond donors (Lipinski definition) is 1. The Labute approximate surface area is 204 Å². The first-order valence-electron chi connectivity index (χ1n) is 14.4. The van der Waals surface area contributed by atoms with E-state index in [9.17, 15) is 14.7 Å². The molecule has 0 aromatic carbocycles. The van der Waals surface area contributed by atoms with Crippen molar-refractivity contribution < 1.29 is 19.4 Å². The van der Waals surface area contributed by atoms with Gasteiger partial charge in [0.15, 0.2) is 0 Å². The van der Waals surface area contributed by atoms with Crippen molar-refractivity contribution in [2.45, 2.75) is 155 Å². The van der Waals surface area contributed by atoms with Crippen molar-refractivity contribution in [1.82, 2.24) is 0 Å². The average Bonchev–Trinajstić information content (AvgIpc) is 2.79. The summed E-state index contributed by atoms with van der Waals surface area (Å²) in [6.45, 7) is 6.80. The molecule has 33 heavy (non-hydrogen) atoms. The molecule has 3 unspecified atom stereocenters. The van der Waals surface area contributed by atoms with Gasteiger partial charge in [0.1, 0.15) is 6.10 Å². The highest BCUT2D eigenvalue weighted by atomic mass is 16.5. The summed E-state index contributed by atoms with van der Waals surface area (Å²) in [6, 6.07) is 0. The summed E-state index contributed by atoms with van der Waals surface area (Å²) < 4.78 is 5.98. The van der Waals surface area contributed by atoms with Crippen LogP contribution in [0.1, 0.15) is 149 Å². The Morgan fingerprint density at radius 2 is 1.18 bits per heavy atom. The van der Waals surface area contributed by atoms with Crippen LogP contribution in [0.5, 0.6) is 0 Å². The van der Waals surface area contributed by atoms with Crippen LogP contribution >= 0.6 is 0 Å². The lowest BCUT2D eigenvalue weighted by Gasteiger charge is -2.29. The smallest absolute Gasteiger partial charge is 0.310 e. The molecular weight excluding hydrogens is 412 g/mol. The summed E-state index contributed by atoms with van der Waals surface area (Å²) in [5, 5.41) is 9.54. The number of carbonyl (C=O) groups excluding carboxylic acids is 1. The van der Waals surface area contributed by atoms with Crippen molar-refractivity contribution in [3.8, 4) is 0 Å². The van der Waals surface area contributed by atoms with Crippen molar-refractivity contribution >= 4 is 11.9 Å². The maximum absolute atomic E-state index is 12.9. The fourth-order valence-electron chi connectivity index (χ4n) is 5.18. The lowest BCUT2D eigenvalue weighted by Crippen LogP contribution is -2.35. The van der Waals surface area contributed by atoms with E-state index in [1.54, 1.807) is 0 Å². The van der Waals surface area contributed by atoms with Crippen LogP contribution in [0.4, 0.5) is 0 Å². The van der Waals surface area contributed by atoms with Gasteiger partial charge in [-0.1, -0.05) is 111 Å². The summed E-state index contributed by atoms with van der Waals surface area (Å²) in [6.07, 6.45) is 22.6. The quantitative estimate of drug-likeness (QED) is 0.144. The van der Waals surface area contributed by atoms with Gasteiger partial charge < -0.3 is 9.84 Å². The standard InChI is InChI=1S/C29H54O4/c1-4-5-6-7-8-9-10-11-15-20-25(21-16-13-12-14-19-24(2)3)33-29(32)27-23-18-17-22-26(27)28(30)31/h24-27H,4-23H2,1-3H3,(H,30,31). The molecule has 0 amide bonds. The molecule has 4 nitrogen and oxygen atoms in total. The molecule has 0 heterocycles. The number of carboxylic acids is 1. The molecule has 1 fully saturated rings. The predicted octanol–water partition coefficient (Wildman–Crippen LogP) is 8.71. The third-order valence-corrected chi connectivity index (χ3v) is 7.36. The van der Waals surface area contributed by atoms with Gasteiger partial charge in [0.2, 0.25) is 0 Å². The Bertz CT molecular complexity index is 502. The number of rotatable bonds is 20.